The van der Waals surface area contributed by atoms with E-state index in [1.807, 2.05) is 50.0 Å². The van der Waals surface area contributed by atoms with Gasteiger partial charge in [-0.2, -0.15) is 4.98 Å². The standard InChI is InChI=1S/C30H32N6O2Si/c1-18(2)27(37)32-29-31-26-16-21(12-14-36(26)34-29)20-10-11-25-22(15-20)23(17-35(25)3)28(38)33-30(39)13-6-8-19-7-4-5-9-24(19)30/h4-5,7,9-12,14-18H,6,8,13H2,1-3,39H3,(H,33,38)(H,32,34,37)/t30-/m0/s1. The van der Waals surface area contributed by atoms with Crippen LogP contribution in [-0.2, 0) is 23.4 Å². The van der Waals surface area contributed by atoms with Crippen LogP contribution in [0.3, 0.4) is 0 Å². The first-order valence-electron chi connectivity index (χ1n) is 13.4. The molecule has 1 aliphatic rings. The molecule has 0 radical (unpaired) electrons. The van der Waals surface area contributed by atoms with Crippen molar-refractivity contribution in [3.05, 3.63) is 83.7 Å². The molecule has 0 unspecified atom stereocenters. The summed E-state index contributed by atoms with van der Waals surface area (Å²) in [6, 6.07) is 18.6. The highest BCUT2D eigenvalue weighted by Gasteiger charge is 2.33. The van der Waals surface area contributed by atoms with Crippen LogP contribution >= 0.6 is 0 Å². The van der Waals surface area contributed by atoms with Gasteiger partial charge in [-0.15, -0.1) is 5.10 Å². The van der Waals surface area contributed by atoms with Gasteiger partial charge in [0.25, 0.3) is 5.91 Å². The fourth-order valence-electron chi connectivity index (χ4n) is 5.61. The van der Waals surface area contributed by atoms with Crippen LogP contribution in [-0.4, -0.2) is 41.2 Å². The van der Waals surface area contributed by atoms with Gasteiger partial charge in [-0.05, 0) is 65.8 Å². The van der Waals surface area contributed by atoms with Crippen molar-refractivity contribution in [2.24, 2.45) is 13.0 Å². The molecule has 0 saturated carbocycles. The number of anilines is 1. The number of benzene rings is 2. The molecule has 3 heterocycles. The van der Waals surface area contributed by atoms with Gasteiger partial charge < -0.3 is 9.88 Å². The third kappa shape index (κ3) is 4.52. The monoisotopic (exact) mass is 536 g/mol. The first kappa shape index (κ1) is 25.1. The van der Waals surface area contributed by atoms with Crippen LogP contribution in [0.4, 0.5) is 5.95 Å². The minimum Gasteiger partial charge on any atom is -0.350 e. The minimum atomic E-state index is -0.271. The molecule has 0 saturated heterocycles. The number of rotatable bonds is 5. The topological polar surface area (TPSA) is 93.3 Å². The summed E-state index contributed by atoms with van der Waals surface area (Å²) in [5.41, 5.74) is 6.84. The highest BCUT2D eigenvalue weighted by atomic mass is 28.1. The van der Waals surface area contributed by atoms with E-state index in [4.69, 9.17) is 0 Å². The minimum absolute atomic E-state index is 0.0390. The summed E-state index contributed by atoms with van der Waals surface area (Å²) < 4.78 is 3.65. The van der Waals surface area contributed by atoms with E-state index >= 15 is 0 Å². The largest absolute Gasteiger partial charge is 0.350 e. The predicted molar refractivity (Wildman–Crippen MR) is 157 cm³/mol. The molecule has 198 valence electrons. The predicted octanol–water partition coefficient (Wildman–Crippen LogP) is 3.77. The number of carbonyl (C=O) groups excluding carboxylic acids is 2. The van der Waals surface area contributed by atoms with Gasteiger partial charge in [-0.3, -0.25) is 14.9 Å². The number of nitrogens with one attached hydrogen (secondary N) is 2. The van der Waals surface area contributed by atoms with Crippen LogP contribution in [0.2, 0.25) is 0 Å². The van der Waals surface area contributed by atoms with Crippen molar-refractivity contribution in [2.45, 2.75) is 38.3 Å². The molecular weight excluding hydrogens is 504 g/mol. The molecule has 8 nitrogen and oxygen atoms in total. The number of fused-ring (bicyclic) bond motifs is 3. The van der Waals surface area contributed by atoms with Crippen LogP contribution in [0.25, 0.3) is 27.7 Å². The number of pyridine rings is 1. The lowest BCUT2D eigenvalue weighted by Crippen LogP contribution is -2.48. The number of hydrogen-bond donors (Lipinski definition) is 2. The Balaban J connectivity index is 1.33. The van der Waals surface area contributed by atoms with E-state index in [9.17, 15) is 9.59 Å². The van der Waals surface area contributed by atoms with Crippen LogP contribution in [0, 0.1) is 5.92 Å². The maximum absolute atomic E-state index is 13.8. The van der Waals surface area contributed by atoms with Crippen molar-refractivity contribution in [1.29, 1.82) is 0 Å². The third-order valence-electron chi connectivity index (χ3n) is 7.79. The van der Waals surface area contributed by atoms with Crippen molar-refractivity contribution >= 4 is 44.6 Å². The Labute approximate surface area is 229 Å². The summed E-state index contributed by atoms with van der Waals surface area (Å²) in [6.45, 7) is 3.65. The quantitative estimate of drug-likeness (QED) is 0.335. The lowest BCUT2D eigenvalue weighted by molar-refractivity contribution is -0.118. The Bertz CT molecular complexity index is 1750. The summed E-state index contributed by atoms with van der Waals surface area (Å²) in [4.78, 5) is 30.3. The lowest BCUT2D eigenvalue weighted by Gasteiger charge is -2.37. The zero-order chi connectivity index (χ0) is 27.3. The van der Waals surface area contributed by atoms with E-state index in [1.165, 1.54) is 11.1 Å². The van der Waals surface area contributed by atoms with E-state index < -0.39 is 0 Å². The summed E-state index contributed by atoms with van der Waals surface area (Å²) in [7, 11) is 2.80. The molecule has 3 aromatic heterocycles. The molecule has 1 atom stereocenters. The van der Waals surface area contributed by atoms with Gasteiger partial charge in [-0.1, -0.05) is 44.2 Å². The molecule has 5 aromatic rings. The van der Waals surface area contributed by atoms with E-state index in [-0.39, 0.29) is 28.8 Å². The maximum Gasteiger partial charge on any atom is 0.253 e. The van der Waals surface area contributed by atoms with E-state index in [0.717, 1.165) is 51.5 Å². The van der Waals surface area contributed by atoms with Gasteiger partial charge in [-0.25, -0.2) is 4.52 Å². The smallest absolute Gasteiger partial charge is 0.253 e. The Hall–Kier alpha value is -4.24. The van der Waals surface area contributed by atoms with Gasteiger partial charge in [0.15, 0.2) is 5.65 Å². The molecule has 2 amide bonds. The first-order chi connectivity index (χ1) is 18.7. The highest BCUT2D eigenvalue weighted by molar-refractivity contribution is 6.19. The number of aromatic nitrogens is 4. The van der Waals surface area contributed by atoms with Crippen LogP contribution in [0.15, 0.2) is 67.0 Å². The van der Waals surface area contributed by atoms with Crippen LogP contribution in [0.1, 0.15) is 48.2 Å². The second-order valence-electron chi connectivity index (χ2n) is 11.0. The van der Waals surface area contributed by atoms with Crippen LogP contribution < -0.4 is 10.6 Å². The maximum atomic E-state index is 13.8. The van der Waals surface area contributed by atoms with Gasteiger partial charge >= 0.3 is 0 Å². The van der Waals surface area contributed by atoms with Gasteiger partial charge in [0.2, 0.25) is 11.9 Å². The SMILES string of the molecule is CC(C)C(=O)Nc1nc2cc(-c3ccc4c(c3)c(C(=O)N[C@]3([SiH3])CCCc5ccccc53)cn4C)ccn2n1. The summed E-state index contributed by atoms with van der Waals surface area (Å²) >= 11 is 0. The zero-order valence-corrected chi connectivity index (χ0v) is 24.7. The molecule has 6 rings (SSSR count). The summed E-state index contributed by atoms with van der Waals surface area (Å²) in [6.07, 6.45) is 6.87. The second-order valence-corrected chi connectivity index (χ2v) is 12.7. The fourth-order valence-corrected chi connectivity index (χ4v) is 6.68. The average molecular weight is 537 g/mol. The van der Waals surface area contributed by atoms with E-state index in [2.05, 4.69) is 63.2 Å². The van der Waals surface area contributed by atoms with Gasteiger partial charge in [0, 0.05) is 51.7 Å². The number of nitrogens with zero attached hydrogens (tertiary/aromatic N) is 4. The molecule has 2 N–H and O–H groups in total. The second kappa shape index (κ2) is 9.50. The zero-order valence-electron chi connectivity index (χ0n) is 22.7. The lowest BCUT2D eigenvalue weighted by atomic mass is 9.86. The van der Waals surface area contributed by atoms with E-state index in [0.29, 0.717) is 11.2 Å². The van der Waals surface area contributed by atoms with Crippen LogP contribution in [0.5, 0.6) is 0 Å². The highest BCUT2D eigenvalue weighted by Crippen LogP contribution is 2.34. The van der Waals surface area contributed by atoms with Gasteiger partial charge in [0.05, 0.1) is 5.56 Å². The fraction of sp³-hybridized carbons (Fsp3) is 0.267. The molecule has 9 heteroatoms. The Morgan fingerprint density at radius 1 is 1.08 bits per heavy atom. The van der Waals surface area contributed by atoms with Crippen molar-refractivity contribution in [3.8, 4) is 11.1 Å². The first-order valence-corrected chi connectivity index (χ1v) is 14.4. The molecule has 0 fully saturated rings. The number of carbonyl (C=O) groups is 2. The number of aryl methyl sites for hydroxylation is 2. The van der Waals surface area contributed by atoms with Crippen molar-refractivity contribution in [2.75, 3.05) is 5.32 Å². The molecule has 2 aromatic carbocycles. The molecule has 0 bridgehead atoms. The van der Waals surface area contributed by atoms with Crippen molar-refractivity contribution in [3.63, 3.8) is 0 Å². The average Bonchev–Trinajstić information content (AvgIpc) is 3.48. The Morgan fingerprint density at radius 3 is 2.69 bits per heavy atom. The molecule has 0 spiro atoms. The Morgan fingerprint density at radius 2 is 1.87 bits per heavy atom. The van der Waals surface area contributed by atoms with Crippen molar-refractivity contribution in [1.82, 2.24) is 24.5 Å². The molecular formula is C30H32N6O2Si. The molecule has 0 aliphatic heterocycles. The molecule has 1 aliphatic carbocycles. The normalized spacial score (nSPS) is 17.0. The van der Waals surface area contributed by atoms with Crippen molar-refractivity contribution < 1.29 is 9.59 Å². The summed E-state index contributed by atoms with van der Waals surface area (Å²) in [5.74, 6) is -0.0405. The molecule has 39 heavy (non-hydrogen) atoms. The Kier molecular flexibility index (Phi) is 6.10. The number of amides is 2. The summed E-state index contributed by atoms with van der Waals surface area (Å²) in [5, 5.41) is 11.2. The van der Waals surface area contributed by atoms with Gasteiger partial charge in [0.1, 0.15) is 0 Å². The number of hydrogen-bond acceptors (Lipinski definition) is 4. The van der Waals surface area contributed by atoms with E-state index in [1.54, 1.807) is 4.52 Å². The third-order valence-corrected chi connectivity index (χ3v) is 9.08.